The number of ether oxygens (including phenoxy) is 5. The van der Waals surface area contributed by atoms with Gasteiger partial charge >= 0.3 is 5.97 Å². The lowest BCUT2D eigenvalue weighted by atomic mass is 10.1. The molecule has 3 rings (SSSR count). The second-order valence-corrected chi connectivity index (χ2v) is 8.15. The van der Waals surface area contributed by atoms with Gasteiger partial charge in [0, 0.05) is 18.7 Å². The number of nitrogens with one attached hydrogen (secondary N) is 2. The first-order valence-corrected chi connectivity index (χ1v) is 11.8. The van der Waals surface area contributed by atoms with Crippen LogP contribution in [0.15, 0.2) is 42.5 Å². The first-order chi connectivity index (χ1) is 17.9. The summed E-state index contributed by atoms with van der Waals surface area (Å²) in [5, 5.41) is 5.32. The van der Waals surface area contributed by atoms with Gasteiger partial charge < -0.3 is 33.9 Å². The Kier molecular flexibility index (Phi) is 9.90. The third-order valence-electron chi connectivity index (χ3n) is 5.46. The number of methoxy groups -OCH3 is 3. The monoisotopic (exact) mass is 531 g/mol. The summed E-state index contributed by atoms with van der Waals surface area (Å²) in [6, 6.07) is 11.1. The Morgan fingerprint density at radius 3 is 2.35 bits per heavy atom. The fraction of sp³-hybridized carbons (Fsp3) is 0.360. The number of esters is 1. The molecule has 11 nitrogen and oxygen atoms in total. The predicted molar refractivity (Wildman–Crippen MR) is 137 cm³/mol. The molecular formula is C25H29N3O8S. The molecule has 1 unspecified atom stereocenters. The minimum absolute atomic E-state index is 0.00110. The maximum Gasteiger partial charge on any atom is 0.308 e. The number of carbonyl (C=O) groups excluding carboxylic acids is 3. The zero-order valence-corrected chi connectivity index (χ0v) is 21.6. The summed E-state index contributed by atoms with van der Waals surface area (Å²) in [6.45, 7) is 0.786. The lowest BCUT2D eigenvalue weighted by Crippen LogP contribution is -2.60. The van der Waals surface area contributed by atoms with Crippen molar-refractivity contribution in [3.8, 4) is 23.0 Å². The van der Waals surface area contributed by atoms with Crippen LogP contribution in [0.5, 0.6) is 23.0 Å². The topological polar surface area (TPSA) is 125 Å². The van der Waals surface area contributed by atoms with Crippen molar-refractivity contribution in [3.05, 3.63) is 48.0 Å². The molecule has 1 fully saturated rings. The van der Waals surface area contributed by atoms with Crippen LogP contribution in [0.1, 0.15) is 16.8 Å². The van der Waals surface area contributed by atoms with Gasteiger partial charge in [-0.3, -0.25) is 19.7 Å². The SMILES string of the molecule is COc1cc(C(=O)NC(=S)N2CCNC(=O)C2CC(=O)OCCOc2ccccc2)cc(OC)c1OC. The molecule has 2 N–H and O–H groups in total. The van der Waals surface area contributed by atoms with Gasteiger partial charge in [-0.05, 0) is 36.5 Å². The zero-order valence-electron chi connectivity index (χ0n) is 20.8. The molecule has 1 atom stereocenters. The van der Waals surface area contributed by atoms with Crippen LogP contribution in [0.2, 0.25) is 0 Å². The molecule has 2 aromatic carbocycles. The molecule has 1 heterocycles. The fourth-order valence-corrected chi connectivity index (χ4v) is 3.97. The average molecular weight is 532 g/mol. The predicted octanol–water partition coefficient (Wildman–Crippen LogP) is 1.54. The Bertz CT molecular complexity index is 1100. The quantitative estimate of drug-likeness (QED) is 0.265. The van der Waals surface area contributed by atoms with Crippen molar-refractivity contribution in [2.24, 2.45) is 0 Å². The number of hydrogen-bond donors (Lipinski definition) is 2. The third-order valence-corrected chi connectivity index (χ3v) is 5.79. The molecular weight excluding hydrogens is 502 g/mol. The van der Waals surface area contributed by atoms with Crippen molar-refractivity contribution in [1.82, 2.24) is 15.5 Å². The van der Waals surface area contributed by atoms with Crippen LogP contribution in [0.3, 0.4) is 0 Å². The highest BCUT2D eigenvalue weighted by Crippen LogP contribution is 2.38. The van der Waals surface area contributed by atoms with Crippen LogP contribution in [0.25, 0.3) is 0 Å². The molecule has 1 aliphatic rings. The molecule has 0 radical (unpaired) electrons. The van der Waals surface area contributed by atoms with E-state index in [2.05, 4.69) is 10.6 Å². The normalized spacial score (nSPS) is 14.7. The lowest BCUT2D eigenvalue weighted by molar-refractivity contribution is -0.148. The summed E-state index contributed by atoms with van der Waals surface area (Å²) >= 11 is 5.42. The van der Waals surface area contributed by atoms with Crippen LogP contribution in [-0.4, -0.2) is 81.5 Å². The highest BCUT2D eigenvalue weighted by atomic mass is 32.1. The zero-order chi connectivity index (χ0) is 26.8. The third kappa shape index (κ3) is 7.23. The highest BCUT2D eigenvalue weighted by molar-refractivity contribution is 7.80. The number of nitrogens with zero attached hydrogens (tertiary/aromatic N) is 1. The number of hydrogen-bond acceptors (Lipinski definition) is 9. The van der Waals surface area contributed by atoms with Crippen LogP contribution in [-0.2, 0) is 14.3 Å². The first kappa shape index (κ1) is 27.5. The largest absolute Gasteiger partial charge is 0.493 e. The Labute approximate surface area is 219 Å². The van der Waals surface area contributed by atoms with Crippen molar-refractivity contribution in [3.63, 3.8) is 0 Å². The summed E-state index contributed by atoms with van der Waals surface area (Å²) in [6.07, 6.45) is -0.253. The maximum atomic E-state index is 13.0. The molecule has 2 amide bonds. The van der Waals surface area contributed by atoms with E-state index in [1.807, 2.05) is 18.2 Å². The molecule has 0 saturated carbocycles. The van der Waals surface area contributed by atoms with Gasteiger partial charge in [0.05, 0.1) is 27.8 Å². The molecule has 12 heteroatoms. The van der Waals surface area contributed by atoms with Crippen molar-refractivity contribution in [1.29, 1.82) is 0 Å². The summed E-state index contributed by atoms with van der Waals surface area (Å²) in [5.74, 6) is 0.0543. The summed E-state index contributed by atoms with van der Waals surface area (Å²) in [5.41, 5.74) is 0.202. The maximum absolute atomic E-state index is 13.0. The number of para-hydroxylation sites is 1. The van der Waals surface area contributed by atoms with Gasteiger partial charge in [-0.2, -0.15) is 0 Å². The van der Waals surface area contributed by atoms with Gasteiger partial charge in [-0.1, -0.05) is 18.2 Å². The van der Waals surface area contributed by atoms with Crippen molar-refractivity contribution in [2.45, 2.75) is 12.5 Å². The molecule has 1 saturated heterocycles. The number of carbonyl (C=O) groups is 3. The smallest absolute Gasteiger partial charge is 0.308 e. The van der Waals surface area contributed by atoms with Crippen LogP contribution in [0.4, 0.5) is 0 Å². The molecule has 0 bridgehead atoms. The molecule has 1 aliphatic heterocycles. The fourth-order valence-electron chi connectivity index (χ4n) is 3.66. The van der Waals surface area contributed by atoms with E-state index in [1.54, 1.807) is 12.1 Å². The van der Waals surface area contributed by atoms with E-state index in [1.165, 1.54) is 38.4 Å². The second-order valence-electron chi connectivity index (χ2n) is 7.76. The summed E-state index contributed by atoms with van der Waals surface area (Å²) in [4.78, 5) is 39.4. The minimum Gasteiger partial charge on any atom is -0.493 e. The van der Waals surface area contributed by atoms with E-state index in [0.717, 1.165) is 0 Å². The molecule has 0 aliphatic carbocycles. The van der Waals surface area contributed by atoms with E-state index >= 15 is 0 Å². The number of thiocarbonyl (C=S) groups is 1. The second kappa shape index (κ2) is 13.3. The minimum atomic E-state index is -0.941. The first-order valence-electron chi connectivity index (χ1n) is 11.4. The summed E-state index contributed by atoms with van der Waals surface area (Å²) in [7, 11) is 4.33. The standard InChI is InChI=1S/C25H29N3O8S/c1-32-19-13-16(14-20(33-2)22(19)34-3)23(30)27-25(37)28-10-9-26-24(31)18(28)15-21(29)36-12-11-35-17-7-5-4-6-8-17/h4-8,13-14,18H,9-12,15H2,1-3H3,(H,26,31)(H,27,30,37). The van der Waals surface area contributed by atoms with E-state index in [0.29, 0.717) is 36.1 Å². The lowest BCUT2D eigenvalue weighted by Gasteiger charge is -2.36. The number of benzene rings is 2. The Morgan fingerprint density at radius 1 is 1.05 bits per heavy atom. The van der Waals surface area contributed by atoms with Gasteiger partial charge in [0.2, 0.25) is 11.7 Å². The van der Waals surface area contributed by atoms with Crippen molar-refractivity contribution >= 4 is 35.1 Å². The van der Waals surface area contributed by atoms with Crippen LogP contribution < -0.4 is 29.6 Å². The number of rotatable bonds is 10. The van der Waals surface area contributed by atoms with Gasteiger partial charge in [-0.25, -0.2) is 0 Å². The molecule has 0 spiro atoms. The van der Waals surface area contributed by atoms with Gasteiger partial charge in [0.25, 0.3) is 5.91 Å². The van der Waals surface area contributed by atoms with Crippen molar-refractivity contribution < 1.29 is 38.1 Å². The highest BCUT2D eigenvalue weighted by Gasteiger charge is 2.34. The van der Waals surface area contributed by atoms with E-state index < -0.39 is 23.8 Å². The van der Waals surface area contributed by atoms with Crippen molar-refractivity contribution in [2.75, 3.05) is 47.6 Å². The van der Waals surface area contributed by atoms with E-state index in [9.17, 15) is 14.4 Å². The number of amides is 2. The molecule has 0 aromatic heterocycles. The Balaban J connectivity index is 1.60. The van der Waals surface area contributed by atoms with E-state index in [4.69, 9.17) is 35.9 Å². The summed E-state index contributed by atoms with van der Waals surface area (Å²) < 4.78 is 26.6. The van der Waals surface area contributed by atoms with Crippen LogP contribution in [0, 0.1) is 0 Å². The van der Waals surface area contributed by atoms with E-state index in [-0.39, 0.29) is 30.3 Å². The number of piperazine rings is 1. The molecule has 2 aromatic rings. The Morgan fingerprint density at radius 2 is 1.73 bits per heavy atom. The van der Waals surface area contributed by atoms with Gasteiger partial charge in [0.1, 0.15) is 25.0 Å². The Hall–Kier alpha value is -4.06. The van der Waals surface area contributed by atoms with Gasteiger partial charge in [-0.15, -0.1) is 0 Å². The van der Waals surface area contributed by atoms with Gasteiger partial charge in [0.15, 0.2) is 16.6 Å². The van der Waals surface area contributed by atoms with Crippen LogP contribution >= 0.6 is 12.2 Å². The molecule has 198 valence electrons. The molecule has 37 heavy (non-hydrogen) atoms. The average Bonchev–Trinajstić information content (AvgIpc) is 2.91.